The van der Waals surface area contributed by atoms with Gasteiger partial charge in [-0.3, -0.25) is 4.79 Å². The topological polar surface area (TPSA) is 71.1 Å². The van der Waals surface area contributed by atoms with Gasteiger partial charge in [0.25, 0.3) is 0 Å². The van der Waals surface area contributed by atoms with Gasteiger partial charge in [-0.2, -0.15) is 0 Å². The maximum absolute atomic E-state index is 12.8. The van der Waals surface area contributed by atoms with E-state index in [-0.39, 0.29) is 12.4 Å². The predicted molar refractivity (Wildman–Crippen MR) is 129 cm³/mol. The SMILES string of the molecule is O=C(/C=C/c1ccccc1)O[C@@H]1[C@H]2OC(=O)C[C@H]2O[C@@H]1[C@H](OCc1ccccc1)c1ccccc1. The van der Waals surface area contributed by atoms with Crippen molar-refractivity contribution in [1.82, 2.24) is 0 Å². The summed E-state index contributed by atoms with van der Waals surface area (Å²) in [6.07, 6.45) is 0.0401. The van der Waals surface area contributed by atoms with Crippen molar-refractivity contribution in [1.29, 1.82) is 0 Å². The number of hydrogen-bond donors (Lipinski definition) is 0. The highest BCUT2D eigenvalue weighted by Gasteiger charge is 2.56. The van der Waals surface area contributed by atoms with Crippen LogP contribution in [0, 0.1) is 0 Å². The van der Waals surface area contributed by atoms with Gasteiger partial charge in [0.1, 0.15) is 18.3 Å². The fourth-order valence-corrected chi connectivity index (χ4v) is 4.49. The summed E-state index contributed by atoms with van der Waals surface area (Å²) in [7, 11) is 0. The Labute approximate surface area is 204 Å². The third-order valence-corrected chi connectivity index (χ3v) is 6.14. The number of esters is 2. The molecule has 5 rings (SSSR count). The number of ether oxygens (including phenoxy) is 4. The first-order valence-corrected chi connectivity index (χ1v) is 11.7. The van der Waals surface area contributed by atoms with E-state index in [0.717, 1.165) is 16.7 Å². The van der Waals surface area contributed by atoms with Crippen LogP contribution in [0.25, 0.3) is 6.08 Å². The zero-order valence-electron chi connectivity index (χ0n) is 19.1. The lowest BCUT2D eigenvalue weighted by molar-refractivity contribution is -0.166. The van der Waals surface area contributed by atoms with Gasteiger partial charge < -0.3 is 18.9 Å². The van der Waals surface area contributed by atoms with Crippen molar-refractivity contribution < 1.29 is 28.5 Å². The molecule has 178 valence electrons. The van der Waals surface area contributed by atoms with Gasteiger partial charge in [-0.1, -0.05) is 91.0 Å². The van der Waals surface area contributed by atoms with Gasteiger partial charge in [-0.25, -0.2) is 4.79 Å². The molecule has 3 aromatic rings. The molecule has 6 nitrogen and oxygen atoms in total. The number of rotatable bonds is 8. The third-order valence-electron chi connectivity index (χ3n) is 6.14. The van der Waals surface area contributed by atoms with E-state index in [2.05, 4.69) is 0 Å². The second kappa shape index (κ2) is 10.7. The summed E-state index contributed by atoms with van der Waals surface area (Å²) < 4.78 is 24.0. The van der Waals surface area contributed by atoms with Crippen LogP contribution in [-0.4, -0.2) is 36.4 Å². The van der Waals surface area contributed by atoms with E-state index in [1.165, 1.54) is 6.08 Å². The lowest BCUT2D eigenvalue weighted by Gasteiger charge is -2.29. The molecule has 0 amide bonds. The van der Waals surface area contributed by atoms with Crippen LogP contribution in [0.1, 0.15) is 29.2 Å². The van der Waals surface area contributed by atoms with Gasteiger partial charge in [0.05, 0.1) is 13.0 Å². The average molecular weight is 471 g/mol. The van der Waals surface area contributed by atoms with Crippen LogP contribution in [0.15, 0.2) is 97.1 Å². The van der Waals surface area contributed by atoms with Crippen molar-refractivity contribution >= 4 is 18.0 Å². The molecule has 0 radical (unpaired) electrons. The first kappa shape index (κ1) is 23.0. The number of carbonyl (C=O) groups is 2. The predicted octanol–water partition coefficient (Wildman–Crippen LogP) is 4.65. The Morgan fingerprint density at radius 2 is 1.60 bits per heavy atom. The number of hydrogen-bond acceptors (Lipinski definition) is 6. The number of benzene rings is 3. The molecule has 3 aromatic carbocycles. The molecule has 2 fully saturated rings. The van der Waals surface area contributed by atoms with Crippen LogP contribution in [0.4, 0.5) is 0 Å². The molecule has 0 spiro atoms. The van der Waals surface area contributed by atoms with E-state index in [0.29, 0.717) is 6.61 Å². The fraction of sp³-hybridized carbons (Fsp3) is 0.241. The van der Waals surface area contributed by atoms with Crippen LogP contribution in [-0.2, 0) is 35.1 Å². The van der Waals surface area contributed by atoms with Gasteiger partial charge in [0.15, 0.2) is 12.2 Å². The largest absolute Gasteiger partial charge is 0.455 e. The number of carbonyl (C=O) groups excluding carboxylic acids is 2. The van der Waals surface area contributed by atoms with Crippen molar-refractivity contribution in [3.05, 3.63) is 114 Å². The zero-order valence-corrected chi connectivity index (χ0v) is 19.1. The van der Waals surface area contributed by atoms with Crippen LogP contribution in [0.2, 0.25) is 0 Å². The molecule has 0 aliphatic carbocycles. The Bertz CT molecular complexity index is 1160. The van der Waals surface area contributed by atoms with Crippen molar-refractivity contribution in [3.8, 4) is 0 Å². The second-order valence-electron chi connectivity index (χ2n) is 8.57. The van der Waals surface area contributed by atoms with Crippen molar-refractivity contribution in [2.75, 3.05) is 0 Å². The molecule has 0 bridgehead atoms. The van der Waals surface area contributed by atoms with E-state index in [1.807, 2.05) is 91.0 Å². The Hall–Kier alpha value is -3.74. The molecular weight excluding hydrogens is 444 g/mol. The highest BCUT2D eigenvalue weighted by molar-refractivity contribution is 5.87. The van der Waals surface area contributed by atoms with Gasteiger partial charge in [-0.05, 0) is 22.8 Å². The van der Waals surface area contributed by atoms with E-state index >= 15 is 0 Å². The molecule has 2 aliphatic heterocycles. The highest BCUT2D eigenvalue weighted by atomic mass is 16.7. The summed E-state index contributed by atoms with van der Waals surface area (Å²) in [5.41, 5.74) is 2.78. The summed E-state index contributed by atoms with van der Waals surface area (Å²) in [5, 5.41) is 0. The summed E-state index contributed by atoms with van der Waals surface area (Å²) in [5.74, 6) is -0.897. The highest BCUT2D eigenvalue weighted by Crippen LogP contribution is 2.40. The molecule has 2 heterocycles. The quantitative estimate of drug-likeness (QED) is 0.353. The molecule has 2 saturated heterocycles. The van der Waals surface area contributed by atoms with Crippen molar-refractivity contribution in [2.45, 2.75) is 43.5 Å². The maximum atomic E-state index is 12.8. The molecule has 2 aliphatic rings. The second-order valence-corrected chi connectivity index (χ2v) is 8.57. The molecule has 0 N–H and O–H groups in total. The lowest BCUT2D eigenvalue weighted by Crippen LogP contribution is -2.40. The average Bonchev–Trinajstić information content (AvgIpc) is 3.41. The van der Waals surface area contributed by atoms with E-state index in [4.69, 9.17) is 18.9 Å². The van der Waals surface area contributed by atoms with E-state index in [9.17, 15) is 9.59 Å². The summed E-state index contributed by atoms with van der Waals surface area (Å²) in [6.45, 7) is 0.351. The minimum absolute atomic E-state index is 0.120. The third kappa shape index (κ3) is 5.50. The molecule has 35 heavy (non-hydrogen) atoms. The Balaban J connectivity index is 1.39. The standard InChI is InChI=1S/C29H26O6/c30-24(17-16-20-10-4-1-5-11-20)34-29-27-23(18-25(31)35-27)33-28(29)26(22-14-8-3-9-15-22)32-19-21-12-6-2-7-13-21/h1-17,23,26-29H,18-19H2/b17-16+/t23-,26-,27+,28-,29-/m1/s1. The lowest BCUT2D eigenvalue weighted by atomic mass is 9.98. The molecule has 0 unspecified atom stereocenters. The van der Waals surface area contributed by atoms with Crippen molar-refractivity contribution in [2.24, 2.45) is 0 Å². The van der Waals surface area contributed by atoms with Gasteiger partial charge in [0, 0.05) is 6.08 Å². The minimum atomic E-state index is -0.805. The first-order valence-electron chi connectivity index (χ1n) is 11.7. The normalized spacial score (nSPS) is 24.2. The summed E-state index contributed by atoms with van der Waals surface area (Å²) in [6, 6.07) is 29.0. The molecule has 0 aromatic heterocycles. The maximum Gasteiger partial charge on any atom is 0.331 e. The zero-order chi connectivity index (χ0) is 24.0. The monoisotopic (exact) mass is 470 g/mol. The van der Waals surface area contributed by atoms with Crippen LogP contribution >= 0.6 is 0 Å². The Morgan fingerprint density at radius 3 is 2.31 bits per heavy atom. The van der Waals surface area contributed by atoms with Crippen LogP contribution < -0.4 is 0 Å². The van der Waals surface area contributed by atoms with Gasteiger partial charge in [-0.15, -0.1) is 0 Å². The summed E-state index contributed by atoms with van der Waals surface area (Å²) in [4.78, 5) is 24.7. The van der Waals surface area contributed by atoms with E-state index in [1.54, 1.807) is 6.08 Å². The van der Waals surface area contributed by atoms with Crippen molar-refractivity contribution in [3.63, 3.8) is 0 Å². The Morgan fingerprint density at radius 1 is 0.943 bits per heavy atom. The summed E-state index contributed by atoms with van der Waals surface area (Å²) >= 11 is 0. The molecule has 6 heteroatoms. The van der Waals surface area contributed by atoms with Gasteiger partial charge in [0.2, 0.25) is 0 Å². The molecule has 5 atom stereocenters. The first-order chi connectivity index (χ1) is 17.2. The molecular formula is C29H26O6. The number of fused-ring (bicyclic) bond motifs is 1. The fourth-order valence-electron chi connectivity index (χ4n) is 4.49. The Kier molecular flexibility index (Phi) is 7.02. The van der Waals surface area contributed by atoms with Crippen LogP contribution in [0.3, 0.4) is 0 Å². The molecule has 0 saturated carbocycles. The smallest absolute Gasteiger partial charge is 0.331 e. The van der Waals surface area contributed by atoms with E-state index < -0.39 is 36.5 Å². The minimum Gasteiger partial charge on any atom is -0.455 e. The van der Waals surface area contributed by atoms with Crippen LogP contribution in [0.5, 0.6) is 0 Å². The van der Waals surface area contributed by atoms with Gasteiger partial charge >= 0.3 is 11.9 Å².